The van der Waals surface area contributed by atoms with Gasteiger partial charge in [0.15, 0.2) is 5.76 Å². The number of allylic oxidation sites excluding steroid dienone is 1. The number of nitrogen functional groups attached to an aromatic ring is 2. The summed E-state index contributed by atoms with van der Waals surface area (Å²) in [4.78, 5) is 7.97. The Kier molecular flexibility index (Phi) is 6.06. The lowest BCUT2D eigenvalue weighted by molar-refractivity contribution is 0.352. The topological polar surface area (TPSA) is 113 Å². The number of hydrogen-bond donors (Lipinski definition) is 2. The first-order valence-electron chi connectivity index (χ1n) is 8.83. The molecule has 0 fully saturated rings. The minimum atomic E-state index is 0.318. The average Bonchev–Trinajstić information content (AvgIpc) is 3.14. The van der Waals surface area contributed by atoms with Crippen LogP contribution >= 0.6 is 0 Å². The second-order valence-electron chi connectivity index (χ2n) is 6.38. The third-order valence-electron chi connectivity index (χ3n) is 4.05. The number of aromatic nitrogens is 2. The van der Waals surface area contributed by atoms with Crippen molar-refractivity contribution in [1.82, 2.24) is 10.1 Å². The zero-order chi connectivity index (χ0) is 19.9. The fraction of sp³-hybridized carbons (Fsp3) is 0.190. The van der Waals surface area contributed by atoms with Gasteiger partial charge in [0.25, 0.3) is 0 Å². The number of pyridine rings is 1. The van der Waals surface area contributed by atoms with Gasteiger partial charge >= 0.3 is 0 Å². The molecule has 0 aliphatic carbocycles. The van der Waals surface area contributed by atoms with E-state index in [0.29, 0.717) is 36.0 Å². The molecule has 0 saturated heterocycles. The molecule has 0 atom stereocenters. The number of ether oxygens (including phenoxy) is 1. The first-order chi connectivity index (χ1) is 13.5. The summed E-state index contributed by atoms with van der Waals surface area (Å²) in [6, 6.07) is 13.2. The molecule has 3 rings (SSSR count). The molecule has 1 aromatic carbocycles. The molecule has 0 saturated carbocycles. The van der Waals surface area contributed by atoms with E-state index in [0.717, 1.165) is 22.6 Å². The van der Waals surface area contributed by atoms with E-state index >= 15 is 0 Å². The maximum atomic E-state index is 5.90. The van der Waals surface area contributed by atoms with Gasteiger partial charge in [0.2, 0.25) is 0 Å². The summed E-state index contributed by atoms with van der Waals surface area (Å²) in [7, 11) is 1.74. The molecule has 0 amide bonds. The van der Waals surface area contributed by atoms with Gasteiger partial charge in [-0.3, -0.25) is 4.99 Å². The Hall–Kier alpha value is -3.61. The van der Waals surface area contributed by atoms with Crippen molar-refractivity contribution in [3.63, 3.8) is 0 Å². The molecular weight excluding hydrogens is 354 g/mol. The lowest BCUT2D eigenvalue weighted by atomic mass is 10.1. The molecule has 0 spiro atoms. The van der Waals surface area contributed by atoms with Crippen molar-refractivity contribution in [3.8, 4) is 17.1 Å². The molecule has 0 radical (unpaired) electrons. The fourth-order valence-corrected chi connectivity index (χ4v) is 2.58. The quantitative estimate of drug-likeness (QED) is 0.609. The van der Waals surface area contributed by atoms with Gasteiger partial charge in [0.1, 0.15) is 24.0 Å². The Morgan fingerprint density at radius 1 is 1.18 bits per heavy atom. The standard InChI is InChI=1S/C21H23N5O2/c1-14(9-10-24-2)13-27-17-5-3-15(4-6-17)11-16-12-19(28-26-16)18-7-8-20(22)25-21(18)23/h3-10,12H,11,13H2,1-2H3,(H4,22,23,25)/b14-9+,24-10?. The zero-order valence-electron chi connectivity index (χ0n) is 15.9. The molecule has 0 bridgehead atoms. The molecule has 7 nitrogen and oxygen atoms in total. The molecule has 2 aromatic heterocycles. The first-order valence-corrected chi connectivity index (χ1v) is 8.83. The van der Waals surface area contributed by atoms with E-state index in [1.807, 2.05) is 43.3 Å². The molecule has 0 aliphatic rings. The summed E-state index contributed by atoms with van der Waals surface area (Å²) < 4.78 is 11.2. The highest BCUT2D eigenvalue weighted by Crippen LogP contribution is 2.26. The summed E-state index contributed by atoms with van der Waals surface area (Å²) in [6.45, 7) is 2.52. The molecule has 0 unspecified atom stereocenters. The van der Waals surface area contributed by atoms with E-state index in [9.17, 15) is 0 Å². The number of nitrogens with zero attached hydrogens (tertiary/aromatic N) is 3. The lowest BCUT2D eigenvalue weighted by Crippen LogP contribution is -1.99. The highest BCUT2D eigenvalue weighted by Gasteiger charge is 2.11. The Balaban J connectivity index is 1.62. The number of hydrogen-bond acceptors (Lipinski definition) is 7. The fourth-order valence-electron chi connectivity index (χ4n) is 2.58. The maximum absolute atomic E-state index is 5.90. The van der Waals surface area contributed by atoms with Gasteiger partial charge in [-0.25, -0.2) is 4.98 Å². The van der Waals surface area contributed by atoms with E-state index in [2.05, 4.69) is 15.1 Å². The zero-order valence-corrected chi connectivity index (χ0v) is 15.9. The van der Waals surface area contributed by atoms with Crippen molar-refractivity contribution >= 4 is 17.9 Å². The second-order valence-corrected chi connectivity index (χ2v) is 6.38. The van der Waals surface area contributed by atoms with Crippen LogP contribution in [0.5, 0.6) is 5.75 Å². The highest BCUT2D eigenvalue weighted by atomic mass is 16.5. The van der Waals surface area contributed by atoms with E-state index in [-0.39, 0.29) is 0 Å². The number of anilines is 2. The Morgan fingerprint density at radius 2 is 1.96 bits per heavy atom. The van der Waals surface area contributed by atoms with Crippen molar-refractivity contribution in [2.75, 3.05) is 25.1 Å². The Labute approximate surface area is 163 Å². The van der Waals surface area contributed by atoms with Gasteiger partial charge in [-0.15, -0.1) is 0 Å². The van der Waals surface area contributed by atoms with Gasteiger partial charge in [-0.2, -0.15) is 0 Å². The highest BCUT2D eigenvalue weighted by molar-refractivity contribution is 5.72. The van der Waals surface area contributed by atoms with Gasteiger partial charge in [-0.05, 0) is 48.4 Å². The van der Waals surface area contributed by atoms with Crippen LogP contribution in [0.15, 0.2) is 63.6 Å². The smallest absolute Gasteiger partial charge is 0.170 e. The van der Waals surface area contributed by atoms with Gasteiger partial charge < -0.3 is 20.7 Å². The van der Waals surface area contributed by atoms with Crippen LogP contribution in [0.1, 0.15) is 18.2 Å². The van der Waals surface area contributed by atoms with Crippen LogP contribution in [-0.2, 0) is 6.42 Å². The normalized spacial score (nSPS) is 11.9. The SMILES string of the molecule is CN=C/C=C(\C)COc1ccc(Cc2cc(-c3ccc(N)nc3N)on2)cc1. The van der Waals surface area contributed by atoms with Gasteiger partial charge in [0.05, 0.1) is 11.3 Å². The Morgan fingerprint density at radius 3 is 2.68 bits per heavy atom. The number of benzene rings is 1. The lowest BCUT2D eigenvalue weighted by Gasteiger charge is -2.06. The van der Waals surface area contributed by atoms with Crippen LogP contribution in [0.2, 0.25) is 0 Å². The number of nitrogens with two attached hydrogens (primary N) is 2. The van der Waals surface area contributed by atoms with E-state index in [1.54, 1.807) is 25.4 Å². The molecule has 28 heavy (non-hydrogen) atoms. The minimum absolute atomic E-state index is 0.318. The van der Waals surface area contributed by atoms with Gasteiger partial charge in [0, 0.05) is 25.7 Å². The third-order valence-corrected chi connectivity index (χ3v) is 4.05. The monoisotopic (exact) mass is 377 g/mol. The summed E-state index contributed by atoms with van der Waals surface area (Å²) in [5.41, 5.74) is 15.2. The molecule has 0 aliphatic heterocycles. The number of rotatable bonds is 7. The van der Waals surface area contributed by atoms with E-state index in [1.165, 1.54) is 0 Å². The maximum Gasteiger partial charge on any atom is 0.170 e. The largest absolute Gasteiger partial charge is 0.489 e. The van der Waals surface area contributed by atoms with Crippen LogP contribution in [-0.4, -0.2) is 30.0 Å². The second kappa shape index (κ2) is 8.85. The molecule has 144 valence electrons. The van der Waals surface area contributed by atoms with E-state index in [4.69, 9.17) is 20.7 Å². The molecule has 3 aromatic rings. The van der Waals surface area contributed by atoms with Crippen molar-refractivity contribution in [2.24, 2.45) is 4.99 Å². The van der Waals surface area contributed by atoms with Crippen molar-refractivity contribution in [1.29, 1.82) is 0 Å². The van der Waals surface area contributed by atoms with Crippen LogP contribution in [0.25, 0.3) is 11.3 Å². The van der Waals surface area contributed by atoms with Crippen molar-refractivity contribution in [3.05, 3.63) is 65.4 Å². The van der Waals surface area contributed by atoms with Crippen molar-refractivity contribution in [2.45, 2.75) is 13.3 Å². The summed E-state index contributed by atoms with van der Waals surface area (Å²) in [5, 5.41) is 4.12. The Bertz CT molecular complexity index is 990. The molecular formula is C21H23N5O2. The summed E-state index contributed by atoms with van der Waals surface area (Å²) in [6.07, 6.45) is 4.32. The minimum Gasteiger partial charge on any atom is -0.489 e. The predicted octanol–water partition coefficient (Wildman–Crippen LogP) is 3.52. The molecule has 4 N–H and O–H groups in total. The van der Waals surface area contributed by atoms with Gasteiger partial charge in [-0.1, -0.05) is 17.3 Å². The summed E-state index contributed by atoms with van der Waals surface area (Å²) in [5.74, 6) is 2.07. The van der Waals surface area contributed by atoms with Crippen LogP contribution in [0.4, 0.5) is 11.6 Å². The molecule has 2 heterocycles. The molecule has 7 heteroatoms. The van der Waals surface area contributed by atoms with Crippen LogP contribution in [0.3, 0.4) is 0 Å². The van der Waals surface area contributed by atoms with E-state index < -0.39 is 0 Å². The average molecular weight is 377 g/mol. The third kappa shape index (κ3) is 4.97. The first kappa shape index (κ1) is 19.2. The van der Waals surface area contributed by atoms with Crippen LogP contribution < -0.4 is 16.2 Å². The summed E-state index contributed by atoms with van der Waals surface area (Å²) >= 11 is 0. The van der Waals surface area contributed by atoms with Crippen molar-refractivity contribution < 1.29 is 9.26 Å². The van der Waals surface area contributed by atoms with Crippen LogP contribution in [0, 0.1) is 0 Å². The number of aliphatic imine (C=N–C) groups is 1. The predicted molar refractivity (Wildman–Crippen MR) is 111 cm³/mol.